The maximum absolute atomic E-state index is 12.4. The lowest BCUT2D eigenvalue weighted by molar-refractivity contribution is -0.124. The molecule has 17 heavy (non-hydrogen) atoms. The fourth-order valence-corrected chi connectivity index (χ4v) is 1.87. The highest BCUT2D eigenvalue weighted by Gasteiger charge is 2.40. The summed E-state index contributed by atoms with van der Waals surface area (Å²) in [6, 6.07) is 0. The quantitative estimate of drug-likeness (QED) is 0.594. The normalized spacial score (nSPS) is 14.4. The van der Waals surface area contributed by atoms with Crippen molar-refractivity contribution >= 4 is 9.84 Å². The summed E-state index contributed by atoms with van der Waals surface area (Å²) < 4.78 is 70.5. The standard InChI is InChI=1S/C9H17F4NO2S/c1-8(2,3)17(15,16)5-4-14-6-9(12,13)7(10)11/h7,14H,4-6H2,1-3H3. The fraction of sp³-hybridized carbons (Fsp3) is 1.00. The molecule has 0 aliphatic rings. The van der Waals surface area contributed by atoms with Gasteiger partial charge in [0, 0.05) is 6.54 Å². The summed E-state index contributed by atoms with van der Waals surface area (Å²) in [5, 5.41) is 2.03. The van der Waals surface area contributed by atoms with Gasteiger partial charge in [-0.3, -0.25) is 0 Å². The molecule has 0 unspecified atom stereocenters. The van der Waals surface area contributed by atoms with Crippen molar-refractivity contribution in [2.24, 2.45) is 0 Å². The first-order valence-electron chi connectivity index (χ1n) is 4.99. The second kappa shape index (κ2) is 5.51. The number of halogens is 4. The predicted molar refractivity (Wildman–Crippen MR) is 57.4 cm³/mol. The second-order valence-corrected chi connectivity index (χ2v) is 7.53. The van der Waals surface area contributed by atoms with Gasteiger partial charge in [-0.2, -0.15) is 8.78 Å². The van der Waals surface area contributed by atoms with E-state index in [2.05, 4.69) is 0 Å². The minimum Gasteiger partial charge on any atom is -0.310 e. The van der Waals surface area contributed by atoms with Gasteiger partial charge >= 0.3 is 12.3 Å². The lowest BCUT2D eigenvalue weighted by Gasteiger charge is -2.20. The summed E-state index contributed by atoms with van der Waals surface area (Å²) in [6.07, 6.45) is -3.76. The molecule has 0 atom stereocenters. The van der Waals surface area contributed by atoms with E-state index < -0.39 is 33.5 Å². The third kappa shape index (κ3) is 5.20. The van der Waals surface area contributed by atoms with E-state index in [1.54, 1.807) is 0 Å². The summed E-state index contributed by atoms with van der Waals surface area (Å²) in [7, 11) is -3.43. The second-order valence-electron chi connectivity index (χ2n) is 4.67. The van der Waals surface area contributed by atoms with Gasteiger partial charge < -0.3 is 5.32 Å². The molecule has 0 fully saturated rings. The Morgan fingerprint density at radius 1 is 1.18 bits per heavy atom. The average molecular weight is 279 g/mol. The molecule has 0 aromatic rings. The SMILES string of the molecule is CC(C)(C)S(=O)(=O)CCNCC(F)(F)C(F)F. The molecule has 0 aromatic heterocycles. The van der Waals surface area contributed by atoms with Gasteiger partial charge in [0.15, 0.2) is 9.84 Å². The number of nitrogens with one attached hydrogen (secondary N) is 1. The van der Waals surface area contributed by atoms with E-state index >= 15 is 0 Å². The van der Waals surface area contributed by atoms with Crippen LogP contribution < -0.4 is 5.32 Å². The number of sulfone groups is 1. The van der Waals surface area contributed by atoms with Crippen molar-refractivity contribution in [1.29, 1.82) is 0 Å². The molecule has 0 radical (unpaired) electrons. The van der Waals surface area contributed by atoms with E-state index in [-0.39, 0.29) is 12.3 Å². The minimum absolute atomic E-state index is 0.276. The Morgan fingerprint density at radius 2 is 1.65 bits per heavy atom. The van der Waals surface area contributed by atoms with Crippen molar-refractivity contribution in [3.8, 4) is 0 Å². The van der Waals surface area contributed by atoms with Crippen molar-refractivity contribution in [3.05, 3.63) is 0 Å². The van der Waals surface area contributed by atoms with Crippen molar-refractivity contribution in [3.63, 3.8) is 0 Å². The van der Waals surface area contributed by atoms with Gasteiger partial charge in [0.1, 0.15) is 0 Å². The summed E-state index contributed by atoms with van der Waals surface area (Å²) >= 11 is 0. The molecule has 8 heteroatoms. The van der Waals surface area contributed by atoms with E-state index in [1.807, 2.05) is 5.32 Å². The molecule has 0 rings (SSSR count). The van der Waals surface area contributed by atoms with Gasteiger partial charge in [0.25, 0.3) is 0 Å². The van der Waals surface area contributed by atoms with Crippen LogP contribution in [0.5, 0.6) is 0 Å². The molecule has 0 bridgehead atoms. The van der Waals surface area contributed by atoms with Crippen LogP contribution in [0, 0.1) is 0 Å². The Bertz CT molecular complexity index is 335. The van der Waals surface area contributed by atoms with Crippen LogP contribution >= 0.6 is 0 Å². The van der Waals surface area contributed by atoms with Gasteiger partial charge in [-0.05, 0) is 20.8 Å². The highest BCUT2D eigenvalue weighted by Crippen LogP contribution is 2.21. The topological polar surface area (TPSA) is 46.2 Å². The maximum atomic E-state index is 12.4. The molecule has 0 heterocycles. The summed E-state index contributed by atoms with van der Waals surface area (Å²) in [5.74, 6) is -4.50. The van der Waals surface area contributed by atoms with Gasteiger partial charge in [-0.15, -0.1) is 0 Å². The van der Waals surface area contributed by atoms with Crippen LogP contribution in [0.3, 0.4) is 0 Å². The number of rotatable bonds is 6. The lowest BCUT2D eigenvalue weighted by atomic mass is 10.3. The zero-order valence-corrected chi connectivity index (χ0v) is 10.8. The van der Waals surface area contributed by atoms with Crippen LogP contribution in [0.25, 0.3) is 0 Å². The Morgan fingerprint density at radius 3 is 2.00 bits per heavy atom. The summed E-state index contributed by atoms with van der Waals surface area (Å²) in [5.41, 5.74) is 0. The van der Waals surface area contributed by atoms with Crippen molar-refractivity contribution < 1.29 is 26.0 Å². The number of alkyl halides is 4. The predicted octanol–water partition coefficient (Wildman–Crippen LogP) is 1.69. The number of hydrogen-bond acceptors (Lipinski definition) is 3. The third-order valence-electron chi connectivity index (χ3n) is 2.16. The highest BCUT2D eigenvalue weighted by atomic mass is 32.2. The monoisotopic (exact) mass is 279 g/mol. The van der Waals surface area contributed by atoms with Gasteiger partial charge in [0.05, 0.1) is 17.0 Å². The van der Waals surface area contributed by atoms with E-state index in [0.29, 0.717) is 0 Å². The van der Waals surface area contributed by atoms with Crippen LogP contribution in [-0.4, -0.2) is 44.4 Å². The first-order valence-corrected chi connectivity index (χ1v) is 6.64. The Kier molecular flexibility index (Phi) is 5.39. The first-order chi connectivity index (χ1) is 7.40. The lowest BCUT2D eigenvalue weighted by Crippen LogP contribution is -2.41. The Labute approximate surface area is 98.5 Å². The Hall–Kier alpha value is -0.370. The molecule has 0 aliphatic heterocycles. The molecule has 0 spiro atoms. The zero-order valence-electron chi connectivity index (χ0n) is 9.94. The molecule has 0 amide bonds. The largest absolute Gasteiger partial charge is 0.319 e. The number of hydrogen-bond donors (Lipinski definition) is 1. The van der Waals surface area contributed by atoms with Gasteiger partial charge in [0.2, 0.25) is 0 Å². The van der Waals surface area contributed by atoms with Crippen LogP contribution in [0.15, 0.2) is 0 Å². The van der Waals surface area contributed by atoms with Crippen LogP contribution in [0.1, 0.15) is 20.8 Å². The fourth-order valence-electron chi connectivity index (χ4n) is 0.845. The maximum Gasteiger partial charge on any atom is 0.319 e. The minimum atomic E-state index is -4.13. The molecule has 0 aliphatic carbocycles. The van der Waals surface area contributed by atoms with Gasteiger partial charge in [-0.25, -0.2) is 17.2 Å². The molecule has 1 N–H and O–H groups in total. The molecular formula is C9H17F4NO2S. The average Bonchev–Trinajstić information content (AvgIpc) is 2.10. The third-order valence-corrected chi connectivity index (χ3v) is 4.77. The molecule has 0 saturated carbocycles. The molecule has 0 saturated heterocycles. The highest BCUT2D eigenvalue weighted by molar-refractivity contribution is 7.92. The first kappa shape index (κ1) is 16.6. The molecule has 3 nitrogen and oxygen atoms in total. The van der Waals surface area contributed by atoms with E-state index in [9.17, 15) is 26.0 Å². The summed E-state index contributed by atoms with van der Waals surface area (Å²) in [6.45, 7) is 2.94. The van der Waals surface area contributed by atoms with Gasteiger partial charge in [-0.1, -0.05) is 0 Å². The van der Waals surface area contributed by atoms with Crippen LogP contribution in [0.2, 0.25) is 0 Å². The van der Waals surface area contributed by atoms with Crippen molar-refractivity contribution in [2.45, 2.75) is 37.9 Å². The van der Waals surface area contributed by atoms with Crippen LogP contribution in [-0.2, 0) is 9.84 Å². The van der Waals surface area contributed by atoms with Crippen LogP contribution in [0.4, 0.5) is 17.6 Å². The van der Waals surface area contributed by atoms with E-state index in [4.69, 9.17) is 0 Å². The molecule has 0 aromatic carbocycles. The molecule has 104 valence electrons. The summed E-state index contributed by atoms with van der Waals surface area (Å²) in [4.78, 5) is 0. The zero-order chi connectivity index (χ0) is 13.9. The molecular weight excluding hydrogens is 262 g/mol. The van der Waals surface area contributed by atoms with Crippen molar-refractivity contribution in [2.75, 3.05) is 18.8 Å². The Balaban J connectivity index is 4.12. The van der Waals surface area contributed by atoms with E-state index in [0.717, 1.165) is 0 Å². The van der Waals surface area contributed by atoms with Crippen molar-refractivity contribution in [1.82, 2.24) is 5.32 Å². The smallest absolute Gasteiger partial charge is 0.310 e. The van der Waals surface area contributed by atoms with E-state index in [1.165, 1.54) is 20.8 Å².